The maximum absolute atomic E-state index is 12.3. The third-order valence-corrected chi connectivity index (χ3v) is 5.53. The van der Waals surface area contributed by atoms with E-state index in [1.165, 1.54) is 23.5 Å². The number of nitrogens with zero attached hydrogens (tertiary/aromatic N) is 2. The molecule has 0 saturated heterocycles. The lowest BCUT2D eigenvalue weighted by molar-refractivity contribution is -0.384. The molecule has 3 aromatic rings. The number of ether oxygens (including phenoxy) is 2. The zero-order valence-electron chi connectivity index (χ0n) is 15.5. The number of carbonyl (C=O) groups is 1. The van der Waals surface area contributed by atoms with E-state index in [1.54, 1.807) is 12.1 Å². The largest absolute Gasteiger partial charge is 0.454 e. The van der Waals surface area contributed by atoms with E-state index in [2.05, 4.69) is 10.3 Å². The smallest absolute Gasteiger partial charge is 0.269 e. The van der Waals surface area contributed by atoms with E-state index in [4.69, 9.17) is 9.47 Å². The minimum atomic E-state index is -0.468. The number of anilines is 1. The highest BCUT2D eigenvalue weighted by Gasteiger charge is 2.16. The molecule has 0 saturated carbocycles. The van der Waals surface area contributed by atoms with Crippen LogP contribution in [-0.4, -0.2) is 22.6 Å². The molecule has 1 amide bonds. The molecule has 0 unspecified atom stereocenters. The predicted octanol–water partition coefficient (Wildman–Crippen LogP) is 3.86. The number of rotatable bonds is 6. The van der Waals surface area contributed by atoms with E-state index in [9.17, 15) is 14.9 Å². The number of aromatic nitrogens is 1. The van der Waals surface area contributed by atoms with Gasteiger partial charge in [-0.25, -0.2) is 4.98 Å². The number of non-ortho nitro benzene ring substituents is 1. The summed E-state index contributed by atoms with van der Waals surface area (Å²) in [7, 11) is 0. The minimum absolute atomic E-state index is 0.00198. The van der Waals surface area contributed by atoms with Gasteiger partial charge in [0, 0.05) is 23.4 Å². The molecule has 0 spiro atoms. The van der Waals surface area contributed by atoms with Crippen LogP contribution in [0, 0.1) is 17.0 Å². The number of hydrogen-bond donors (Lipinski definition) is 1. The summed E-state index contributed by atoms with van der Waals surface area (Å²) in [5, 5.41) is 14.0. The summed E-state index contributed by atoms with van der Waals surface area (Å²) in [6.45, 7) is 2.15. The molecule has 2 heterocycles. The second-order valence-corrected chi connectivity index (χ2v) is 7.62. The first-order valence-electron chi connectivity index (χ1n) is 8.86. The number of fused-ring (bicyclic) bond motifs is 1. The molecule has 4 rings (SSSR count). The molecule has 1 aliphatic heterocycles. The van der Waals surface area contributed by atoms with Gasteiger partial charge in [0.2, 0.25) is 12.7 Å². The van der Waals surface area contributed by atoms with Crippen molar-refractivity contribution in [2.75, 3.05) is 12.1 Å². The van der Waals surface area contributed by atoms with Gasteiger partial charge in [0.1, 0.15) is 0 Å². The first-order valence-corrected chi connectivity index (χ1v) is 9.67. The standard InChI is InChI=1S/C20H17N3O5S/c1-12-18(9-14-4-7-16-17(8-14)28-11-27-16)29-20(21-12)22-19(24)10-13-2-5-15(6-3-13)23(25)26/h2-8H,9-11H2,1H3,(H,21,22,24). The van der Waals surface area contributed by atoms with Crippen LogP contribution in [0.2, 0.25) is 0 Å². The number of amides is 1. The van der Waals surface area contributed by atoms with E-state index >= 15 is 0 Å². The SMILES string of the molecule is Cc1nc(NC(=O)Cc2ccc([N+](=O)[O-])cc2)sc1Cc1ccc2c(c1)OCO2. The van der Waals surface area contributed by atoms with E-state index in [1.807, 2.05) is 25.1 Å². The van der Waals surface area contributed by atoms with Crippen molar-refractivity contribution in [1.29, 1.82) is 0 Å². The van der Waals surface area contributed by atoms with Crippen molar-refractivity contribution in [3.63, 3.8) is 0 Å². The Balaban J connectivity index is 1.39. The summed E-state index contributed by atoms with van der Waals surface area (Å²) < 4.78 is 10.7. The molecule has 1 aromatic heterocycles. The van der Waals surface area contributed by atoms with E-state index in [0.717, 1.165) is 27.6 Å². The summed E-state index contributed by atoms with van der Waals surface area (Å²) in [6, 6.07) is 11.8. The Morgan fingerprint density at radius 2 is 1.90 bits per heavy atom. The van der Waals surface area contributed by atoms with Gasteiger partial charge in [-0.2, -0.15) is 0 Å². The summed E-state index contributed by atoms with van der Waals surface area (Å²) >= 11 is 1.43. The highest BCUT2D eigenvalue weighted by atomic mass is 32.1. The lowest BCUT2D eigenvalue weighted by Gasteiger charge is -2.02. The van der Waals surface area contributed by atoms with Gasteiger partial charge in [0.15, 0.2) is 16.6 Å². The van der Waals surface area contributed by atoms with Crippen molar-refractivity contribution >= 4 is 28.1 Å². The molecule has 0 radical (unpaired) electrons. The van der Waals surface area contributed by atoms with Crippen LogP contribution in [0.1, 0.15) is 21.7 Å². The molecule has 1 aliphatic rings. The topological polar surface area (TPSA) is 104 Å². The molecular weight excluding hydrogens is 394 g/mol. The second-order valence-electron chi connectivity index (χ2n) is 6.54. The second kappa shape index (κ2) is 7.88. The molecule has 29 heavy (non-hydrogen) atoms. The Morgan fingerprint density at radius 1 is 1.17 bits per heavy atom. The monoisotopic (exact) mass is 411 g/mol. The third-order valence-electron chi connectivity index (χ3n) is 4.45. The fourth-order valence-corrected chi connectivity index (χ4v) is 3.98. The maximum atomic E-state index is 12.3. The number of nitrogens with one attached hydrogen (secondary N) is 1. The van der Waals surface area contributed by atoms with Crippen LogP contribution in [0.15, 0.2) is 42.5 Å². The van der Waals surface area contributed by atoms with Crippen LogP contribution in [0.25, 0.3) is 0 Å². The number of thiazole rings is 1. The fraction of sp³-hybridized carbons (Fsp3) is 0.200. The zero-order chi connectivity index (χ0) is 20.4. The Kier molecular flexibility index (Phi) is 5.13. The van der Waals surface area contributed by atoms with Crippen molar-refractivity contribution in [2.45, 2.75) is 19.8 Å². The van der Waals surface area contributed by atoms with Crippen molar-refractivity contribution in [2.24, 2.45) is 0 Å². The van der Waals surface area contributed by atoms with Crippen molar-refractivity contribution in [3.8, 4) is 11.5 Å². The highest BCUT2D eigenvalue weighted by molar-refractivity contribution is 7.15. The molecule has 2 aromatic carbocycles. The van der Waals surface area contributed by atoms with Gasteiger partial charge in [-0.1, -0.05) is 18.2 Å². The van der Waals surface area contributed by atoms with E-state index < -0.39 is 4.92 Å². The minimum Gasteiger partial charge on any atom is -0.454 e. The van der Waals surface area contributed by atoms with Crippen LogP contribution >= 0.6 is 11.3 Å². The molecule has 148 valence electrons. The molecule has 1 N–H and O–H groups in total. The average Bonchev–Trinajstić information content (AvgIpc) is 3.28. The van der Waals surface area contributed by atoms with Crippen LogP contribution < -0.4 is 14.8 Å². The van der Waals surface area contributed by atoms with Crippen LogP contribution in [-0.2, 0) is 17.6 Å². The van der Waals surface area contributed by atoms with Gasteiger partial charge in [-0.15, -0.1) is 11.3 Å². The highest BCUT2D eigenvalue weighted by Crippen LogP contribution is 2.34. The number of nitro groups is 1. The summed E-state index contributed by atoms with van der Waals surface area (Å²) in [5.41, 5.74) is 2.63. The normalized spacial score (nSPS) is 12.0. The molecular formula is C20H17N3O5S. The number of nitro benzene ring substituents is 1. The fourth-order valence-electron chi connectivity index (χ4n) is 2.97. The first kappa shape index (κ1) is 18.9. The predicted molar refractivity (Wildman–Crippen MR) is 108 cm³/mol. The van der Waals surface area contributed by atoms with Gasteiger partial charge in [-0.05, 0) is 30.2 Å². The molecule has 9 heteroatoms. The Morgan fingerprint density at radius 3 is 2.66 bits per heavy atom. The van der Waals surface area contributed by atoms with Gasteiger partial charge in [-0.3, -0.25) is 14.9 Å². The lowest BCUT2D eigenvalue weighted by atomic mass is 10.1. The number of hydrogen-bond acceptors (Lipinski definition) is 7. The van der Waals surface area contributed by atoms with Gasteiger partial charge in [0.25, 0.3) is 5.69 Å². The number of benzene rings is 2. The van der Waals surface area contributed by atoms with E-state index in [0.29, 0.717) is 17.1 Å². The first-order chi connectivity index (χ1) is 14.0. The number of aryl methyl sites for hydroxylation is 1. The van der Waals surface area contributed by atoms with Crippen LogP contribution in [0.3, 0.4) is 0 Å². The Bertz CT molecular complexity index is 1080. The van der Waals surface area contributed by atoms with Crippen molar-refractivity contribution in [1.82, 2.24) is 4.98 Å². The Hall–Kier alpha value is -3.46. The quantitative estimate of drug-likeness (QED) is 0.488. The van der Waals surface area contributed by atoms with Crippen LogP contribution in [0.4, 0.5) is 10.8 Å². The van der Waals surface area contributed by atoms with E-state index in [-0.39, 0.29) is 24.8 Å². The molecule has 8 nitrogen and oxygen atoms in total. The van der Waals surface area contributed by atoms with Crippen LogP contribution in [0.5, 0.6) is 11.5 Å². The summed E-state index contributed by atoms with van der Waals surface area (Å²) in [6.07, 6.45) is 0.798. The van der Waals surface area contributed by atoms with Crippen molar-refractivity contribution < 1.29 is 19.2 Å². The molecule has 0 atom stereocenters. The molecule has 0 fully saturated rings. The van der Waals surface area contributed by atoms with Gasteiger partial charge < -0.3 is 14.8 Å². The summed E-state index contributed by atoms with van der Waals surface area (Å²) in [4.78, 5) is 28.0. The zero-order valence-corrected chi connectivity index (χ0v) is 16.3. The molecule has 0 bridgehead atoms. The third kappa shape index (κ3) is 4.35. The lowest BCUT2D eigenvalue weighted by Crippen LogP contribution is -2.14. The number of carbonyl (C=O) groups excluding carboxylic acids is 1. The maximum Gasteiger partial charge on any atom is 0.269 e. The average molecular weight is 411 g/mol. The van der Waals surface area contributed by atoms with Gasteiger partial charge in [0.05, 0.1) is 17.0 Å². The van der Waals surface area contributed by atoms with Crippen molar-refractivity contribution in [3.05, 3.63) is 74.3 Å². The van der Waals surface area contributed by atoms with Gasteiger partial charge >= 0.3 is 0 Å². The molecule has 0 aliphatic carbocycles. The summed E-state index contributed by atoms with van der Waals surface area (Å²) in [5.74, 6) is 1.26. The Labute approximate surface area is 170 Å².